The summed E-state index contributed by atoms with van der Waals surface area (Å²) in [4.78, 5) is 0. The van der Waals surface area contributed by atoms with Crippen LogP contribution >= 0.6 is 0 Å². The Hall–Kier alpha value is -6.64. The van der Waals surface area contributed by atoms with E-state index in [1.54, 1.807) is 0 Å². The van der Waals surface area contributed by atoms with Crippen molar-refractivity contribution in [1.82, 2.24) is 9.13 Å². The Morgan fingerprint density at radius 3 is 1.26 bits per heavy atom. The first-order valence-corrected chi connectivity index (χ1v) is 18.6. The molecule has 8 aromatic carbocycles. The van der Waals surface area contributed by atoms with Gasteiger partial charge in [-0.05, 0) is 93.6 Å². The van der Waals surface area contributed by atoms with Crippen LogP contribution in [-0.4, -0.2) is 9.13 Å². The van der Waals surface area contributed by atoms with E-state index in [2.05, 4.69) is 204 Å². The van der Waals surface area contributed by atoms with Gasteiger partial charge in [-0.1, -0.05) is 152 Å². The molecule has 2 heteroatoms. The summed E-state index contributed by atoms with van der Waals surface area (Å²) in [7, 11) is 0. The number of benzene rings is 8. The smallest absolute Gasteiger partial charge is 0.0643 e. The quantitative estimate of drug-likeness (QED) is 0.164. The average Bonchev–Trinajstić information content (AvgIpc) is 3.74. The number of fused-ring (bicyclic) bond motifs is 8. The number of para-hydroxylation sites is 4. The van der Waals surface area contributed by atoms with Crippen molar-refractivity contribution in [3.8, 4) is 16.8 Å². The third kappa shape index (κ3) is 4.39. The SMILES string of the molecule is CC1(n2c3ccccc3c3ccccc32)C=CC(c2c3ccccc3c(-c3ccc(-n4c5ccccc5c5ccccc54)cc3)c3ccccc23)=CC1. The van der Waals surface area contributed by atoms with Gasteiger partial charge in [0.25, 0.3) is 0 Å². The number of aromatic nitrogens is 2. The van der Waals surface area contributed by atoms with Crippen molar-refractivity contribution < 1.29 is 0 Å². The van der Waals surface area contributed by atoms with Gasteiger partial charge < -0.3 is 9.13 Å². The second kappa shape index (κ2) is 11.4. The van der Waals surface area contributed by atoms with E-state index in [9.17, 15) is 0 Å². The van der Waals surface area contributed by atoms with Crippen LogP contribution in [0.1, 0.15) is 18.9 Å². The normalized spacial score (nSPS) is 16.1. The molecule has 2 aromatic heterocycles. The molecule has 1 aliphatic rings. The first-order valence-electron chi connectivity index (χ1n) is 18.6. The molecule has 1 atom stereocenters. The highest BCUT2D eigenvalue weighted by Gasteiger charge is 2.29. The van der Waals surface area contributed by atoms with Crippen LogP contribution in [-0.2, 0) is 5.54 Å². The van der Waals surface area contributed by atoms with Crippen molar-refractivity contribution in [3.05, 3.63) is 194 Å². The zero-order valence-corrected chi connectivity index (χ0v) is 29.5. The lowest BCUT2D eigenvalue weighted by Gasteiger charge is -2.32. The second-order valence-corrected chi connectivity index (χ2v) is 14.7. The minimum atomic E-state index is -0.199. The molecule has 0 radical (unpaired) electrons. The van der Waals surface area contributed by atoms with E-state index >= 15 is 0 Å². The lowest BCUT2D eigenvalue weighted by atomic mass is 9.82. The van der Waals surface area contributed by atoms with Crippen molar-refractivity contribution in [2.45, 2.75) is 18.9 Å². The number of nitrogens with zero attached hydrogens (tertiary/aromatic N) is 2. The van der Waals surface area contributed by atoms with E-state index in [0.717, 1.165) is 6.42 Å². The highest BCUT2D eigenvalue weighted by atomic mass is 15.1. The topological polar surface area (TPSA) is 9.86 Å². The number of hydrogen-bond donors (Lipinski definition) is 0. The van der Waals surface area contributed by atoms with Crippen LogP contribution in [0.15, 0.2) is 188 Å². The molecule has 0 spiro atoms. The Labute approximate surface area is 308 Å². The molecule has 11 rings (SSSR count). The minimum Gasteiger partial charge on any atom is -0.331 e. The third-order valence-electron chi connectivity index (χ3n) is 11.7. The first-order chi connectivity index (χ1) is 26.2. The van der Waals surface area contributed by atoms with Crippen molar-refractivity contribution in [3.63, 3.8) is 0 Å². The summed E-state index contributed by atoms with van der Waals surface area (Å²) in [5.41, 5.74) is 11.1. The summed E-state index contributed by atoms with van der Waals surface area (Å²) in [5.74, 6) is 0. The fourth-order valence-electron chi connectivity index (χ4n) is 9.27. The maximum Gasteiger partial charge on any atom is 0.0643 e. The molecule has 0 aliphatic heterocycles. The lowest BCUT2D eigenvalue weighted by molar-refractivity contribution is 0.438. The molecule has 0 amide bonds. The summed E-state index contributed by atoms with van der Waals surface area (Å²) < 4.78 is 4.94. The zero-order chi connectivity index (χ0) is 35.1. The molecule has 0 saturated heterocycles. The van der Waals surface area contributed by atoms with Gasteiger partial charge in [-0.25, -0.2) is 0 Å². The Balaban J connectivity index is 1.05. The summed E-state index contributed by atoms with van der Waals surface area (Å²) >= 11 is 0. The largest absolute Gasteiger partial charge is 0.331 e. The van der Waals surface area contributed by atoms with E-state index in [1.807, 2.05) is 0 Å². The monoisotopic (exact) mass is 676 g/mol. The third-order valence-corrected chi connectivity index (χ3v) is 11.7. The molecule has 250 valence electrons. The molecular weight excluding hydrogens is 641 g/mol. The maximum absolute atomic E-state index is 2.55. The Morgan fingerprint density at radius 2 is 0.811 bits per heavy atom. The highest BCUT2D eigenvalue weighted by molar-refractivity contribution is 6.19. The van der Waals surface area contributed by atoms with Crippen molar-refractivity contribution in [2.24, 2.45) is 0 Å². The number of hydrogen-bond acceptors (Lipinski definition) is 0. The lowest BCUT2D eigenvalue weighted by Crippen LogP contribution is -2.28. The molecule has 0 bridgehead atoms. The summed E-state index contributed by atoms with van der Waals surface area (Å²) in [5, 5.41) is 10.3. The molecule has 0 N–H and O–H groups in total. The van der Waals surface area contributed by atoms with Gasteiger partial charge in [-0.2, -0.15) is 0 Å². The van der Waals surface area contributed by atoms with E-state index in [0.29, 0.717) is 0 Å². The molecular formula is C51H36N2. The van der Waals surface area contributed by atoms with Crippen molar-refractivity contribution in [2.75, 3.05) is 0 Å². The first kappa shape index (κ1) is 30.0. The van der Waals surface area contributed by atoms with Crippen molar-refractivity contribution >= 4 is 70.7 Å². The van der Waals surface area contributed by atoms with Gasteiger partial charge in [-0.15, -0.1) is 0 Å². The summed E-state index contributed by atoms with van der Waals surface area (Å²) in [6.07, 6.45) is 8.18. The predicted octanol–water partition coefficient (Wildman–Crippen LogP) is 13.6. The van der Waals surface area contributed by atoms with E-state index in [1.165, 1.54) is 93.1 Å². The van der Waals surface area contributed by atoms with Gasteiger partial charge in [0.2, 0.25) is 0 Å². The summed E-state index contributed by atoms with van der Waals surface area (Å²) in [6, 6.07) is 62.2. The zero-order valence-electron chi connectivity index (χ0n) is 29.5. The van der Waals surface area contributed by atoms with Gasteiger partial charge in [0.05, 0.1) is 16.6 Å². The highest BCUT2D eigenvalue weighted by Crippen LogP contribution is 2.45. The molecule has 0 saturated carbocycles. The Morgan fingerprint density at radius 1 is 0.415 bits per heavy atom. The number of rotatable bonds is 4. The minimum absolute atomic E-state index is 0.199. The second-order valence-electron chi connectivity index (χ2n) is 14.7. The molecule has 2 heterocycles. The van der Waals surface area contributed by atoms with Crippen LogP contribution in [0.3, 0.4) is 0 Å². The van der Waals surface area contributed by atoms with Crippen LogP contribution in [0, 0.1) is 0 Å². The Bertz CT molecular complexity index is 2990. The van der Waals surface area contributed by atoms with Crippen LogP contribution < -0.4 is 0 Å². The Kier molecular flexibility index (Phi) is 6.48. The fourth-order valence-corrected chi connectivity index (χ4v) is 9.27. The standard InChI is InChI=1S/C51H36N2/c1-51(53-47-24-12-8-16-39(47)40-17-9-13-25-48(40)53)32-30-35(31-33-51)50-43-20-4-2-18-41(43)49(42-19-3-5-21-44(42)50)34-26-28-36(29-27-34)52-45-22-10-6-14-37(45)38-15-7-11-23-46(38)52/h2-32H,33H2,1H3. The van der Waals surface area contributed by atoms with E-state index < -0.39 is 0 Å². The molecule has 0 fully saturated rings. The van der Waals surface area contributed by atoms with Crippen LogP contribution in [0.2, 0.25) is 0 Å². The average molecular weight is 677 g/mol. The van der Waals surface area contributed by atoms with Gasteiger partial charge in [-0.3, -0.25) is 0 Å². The van der Waals surface area contributed by atoms with Gasteiger partial charge in [0, 0.05) is 38.3 Å². The van der Waals surface area contributed by atoms with Crippen molar-refractivity contribution in [1.29, 1.82) is 0 Å². The summed E-state index contributed by atoms with van der Waals surface area (Å²) in [6.45, 7) is 2.37. The van der Waals surface area contributed by atoms with Crippen LogP contribution in [0.5, 0.6) is 0 Å². The molecule has 1 unspecified atom stereocenters. The predicted molar refractivity (Wildman–Crippen MR) is 226 cm³/mol. The maximum atomic E-state index is 2.55. The molecule has 1 aliphatic carbocycles. The molecule has 53 heavy (non-hydrogen) atoms. The van der Waals surface area contributed by atoms with Crippen LogP contribution in [0.25, 0.3) is 87.5 Å². The van der Waals surface area contributed by atoms with Gasteiger partial charge >= 0.3 is 0 Å². The van der Waals surface area contributed by atoms with Gasteiger partial charge in [0.1, 0.15) is 0 Å². The molecule has 2 nitrogen and oxygen atoms in total. The fraction of sp³-hybridized carbons (Fsp3) is 0.0588. The number of allylic oxidation sites excluding steroid dienone is 4. The van der Waals surface area contributed by atoms with E-state index in [4.69, 9.17) is 0 Å². The van der Waals surface area contributed by atoms with E-state index in [-0.39, 0.29) is 5.54 Å². The van der Waals surface area contributed by atoms with Gasteiger partial charge in [0.15, 0.2) is 0 Å². The van der Waals surface area contributed by atoms with Crippen LogP contribution in [0.4, 0.5) is 0 Å². The molecule has 10 aromatic rings.